The smallest absolute Gasteiger partial charge is 0.0744 e. The van der Waals surface area contributed by atoms with Crippen molar-refractivity contribution in [3.8, 4) is 0 Å². The highest BCUT2D eigenvalue weighted by Gasteiger charge is 2.40. The average molecular weight is 380 g/mol. The number of benzene rings is 2. The van der Waals surface area contributed by atoms with Crippen LogP contribution in [-0.4, -0.2) is 28.7 Å². The van der Waals surface area contributed by atoms with E-state index in [1.165, 1.54) is 16.7 Å². The number of likely N-dealkylation sites (tertiary alicyclic amines) is 1. The first-order valence-corrected chi connectivity index (χ1v) is 10.1. The number of hydrogen-bond acceptors (Lipinski definition) is 2. The molecular formula is C24H26ClNO. The maximum atomic E-state index is 11.2. The lowest BCUT2D eigenvalue weighted by molar-refractivity contribution is 0.0580. The Bertz CT molecular complexity index is 829. The van der Waals surface area contributed by atoms with Crippen LogP contribution in [0.25, 0.3) is 0 Å². The highest BCUT2D eigenvalue weighted by atomic mass is 35.5. The summed E-state index contributed by atoms with van der Waals surface area (Å²) in [6.45, 7) is 1.72. The molecule has 0 saturated carbocycles. The van der Waals surface area contributed by atoms with Gasteiger partial charge in [-0.3, -0.25) is 4.90 Å². The van der Waals surface area contributed by atoms with Gasteiger partial charge in [0.15, 0.2) is 0 Å². The van der Waals surface area contributed by atoms with Gasteiger partial charge in [-0.1, -0.05) is 77.9 Å². The molecule has 2 aliphatic rings. The summed E-state index contributed by atoms with van der Waals surface area (Å²) >= 11 is 6.19. The summed E-state index contributed by atoms with van der Waals surface area (Å²) in [5.74, 6) is 0.297. The van der Waals surface area contributed by atoms with Crippen molar-refractivity contribution in [2.75, 3.05) is 6.54 Å². The number of hydrogen-bond donors (Lipinski definition) is 1. The van der Waals surface area contributed by atoms with Crippen LogP contribution in [0.4, 0.5) is 0 Å². The molecule has 1 saturated heterocycles. The van der Waals surface area contributed by atoms with E-state index in [1.807, 2.05) is 36.4 Å². The van der Waals surface area contributed by atoms with Gasteiger partial charge in [0.2, 0.25) is 0 Å². The molecule has 0 aromatic heterocycles. The van der Waals surface area contributed by atoms with Crippen LogP contribution >= 0.6 is 11.6 Å². The summed E-state index contributed by atoms with van der Waals surface area (Å²) in [6.07, 6.45) is 9.42. The Morgan fingerprint density at radius 3 is 2.67 bits per heavy atom. The third kappa shape index (κ3) is 4.35. The zero-order valence-corrected chi connectivity index (χ0v) is 16.2. The maximum Gasteiger partial charge on any atom is 0.0744 e. The van der Waals surface area contributed by atoms with Gasteiger partial charge >= 0.3 is 0 Å². The summed E-state index contributed by atoms with van der Waals surface area (Å²) in [5.41, 5.74) is 3.83. The quantitative estimate of drug-likeness (QED) is 0.737. The van der Waals surface area contributed by atoms with E-state index in [0.29, 0.717) is 12.3 Å². The van der Waals surface area contributed by atoms with Crippen molar-refractivity contribution in [3.05, 3.63) is 94.5 Å². The molecule has 0 amide bonds. The molecule has 0 radical (unpaired) electrons. The lowest BCUT2D eigenvalue weighted by Crippen LogP contribution is -2.42. The molecule has 140 valence electrons. The number of rotatable bonds is 5. The highest BCUT2D eigenvalue weighted by Crippen LogP contribution is 2.36. The molecule has 4 rings (SSSR count). The molecule has 2 nitrogen and oxygen atoms in total. The molecular weight excluding hydrogens is 354 g/mol. The van der Waals surface area contributed by atoms with Crippen molar-refractivity contribution >= 4 is 11.6 Å². The minimum atomic E-state index is -0.412. The normalized spacial score (nSPS) is 23.6. The fraction of sp³-hybridized carbons (Fsp3) is 0.333. The van der Waals surface area contributed by atoms with Gasteiger partial charge in [-0.25, -0.2) is 0 Å². The second kappa shape index (κ2) is 8.43. The molecule has 3 heteroatoms. The summed E-state index contributed by atoms with van der Waals surface area (Å²) in [6, 6.07) is 18.4. The SMILES string of the molecule is O[C@@H](Cc1ccccc1)[C@H]1C2C=CCCC=C2CN1Cc1cccc(Cl)c1. The molecule has 1 heterocycles. The summed E-state index contributed by atoms with van der Waals surface area (Å²) in [4.78, 5) is 2.42. The van der Waals surface area contributed by atoms with E-state index < -0.39 is 6.10 Å². The van der Waals surface area contributed by atoms with Crippen LogP contribution in [0.2, 0.25) is 5.02 Å². The van der Waals surface area contributed by atoms with Crippen molar-refractivity contribution in [2.45, 2.75) is 38.0 Å². The Hall–Kier alpha value is -1.87. The van der Waals surface area contributed by atoms with Gasteiger partial charge in [-0.05, 0) is 42.5 Å². The minimum absolute atomic E-state index is 0.0878. The average Bonchev–Trinajstić information content (AvgIpc) is 2.83. The highest BCUT2D eigenvalue weighted by molar-refractivity contribution is 6.30. The molecule has 2 aromatic rings. The van der Waals surface area contributed by atoms with E-state index >= 15 is 0 Å². The van der Waals surface area contributed by atoms with Crippen LogP contribution in [0, 0.1) is 5.92 Å². The first-order valence-electron chi connectivity index (χ1n) is 9.77. The lowest BCUT2D eigenvalue weighted by atomic mass is 9.89. The van der Waals surface area contributed by atoms with E-state index in [1.54, 1.807) is 0 Å². The third-order valence-corrected chi connectivity index (χ3v) is 5.88. The number of aliphatic hydroxyl groups is 1. The number of halogens is 1. The number of allylic oxidation sites excluding steroid dienone is 2. The second-order valence-corrected chi connectivity index (χ2v) is 8.03. The lowest BCUT2D eigenvalue weighted by Gasteiger charge is -2.31. The summed E-state index contributed by atoms with van der Waals surface area (Å²) in [7, 11) is 0. The van der Waals surface area contributed by atoms with Gasteiger partial charge in [0.05, 0.1) is 6.10 Å². The van der Waals surface area contributed by atoms with E-state index in [0.717, 1.165) is 31.0 Å². The first-order chi connectivity index (χ1) is 13.2. The molecule has 2 aromatic carbocycles. The number of nitrogens with zero attached hydrogens (tertiary/aromatic N) is 1. The Morgan fingerprint density at radius 1 is 1.04 bits per heavy atom. The van der Waals surface area contributed by atoms with Crippen LogP contribution in [0.5, 0.6) is 0 Å². The second-order valence-electron chi connectivity index (χ2n) is 7.59. The molecule has 3 atom stereocenters. The van der Waals surface area contributed by atoms with Crippen LogP contribution in [0.1, 0.15) is 24.0 Å². The molecule has 0 spiro atoms. The number of aliphatic hydroxyl groups excluding tert-OH is 1. The fourth-order valence-electron chi connectivity index (χ4n) is 4.43. The van der Waals surface area contributed by atoms with E-state index in [9.17, 15) is 5.11 Å². The largest absolute Gasteiger partial charge is 0.391 e. The molecule has 27 heavy (non-hydrogen) atoms. The van der Waals surface area contributed by atoms with E-state index in [2.05, 4.69) is 41.3 Å². The summed E-state index contributed by atoms with van der Waals surface area (Å²) < 4.78 is 0. The van der Waals surface area contributed by atoms with Crippen molar-refractivity contribution in [1.29, 1.82) is 0 Å². The Kier molecular flexibility index (Phi) is 5.77. The van der Waals surface area contributed by atoms with Crippen molar-refractivity contribution in [3.63, 3.8) is 0 Å². The third-order valence-electron chi connectivity index (χ3n) is 5.64. The standard InChI is InChI=1S/C24H26ClNO/c25-21-12-7-10-19(14-21)16-26-17-20-11-5-2-6-13-22(20)24(26)23(27)15-18-8-3-1-4-9-18/h1,3-4,6-14,22-24,27H,2,5,15-17H2/t22?,23-,24+/m0/s1. The van der Waals surface area contributed by atoms with Crippen molar-refractivity contribution in [2.24, 2.45) is 5.92 Å². The zero-order chi connectivity index (χ0) is 18.6. The predicted octanol–water partition coefficient (Wildman–Crippen LogP) is 5.02. The van der Waals surface area contributed by atoms with Crippen molar-refractivity contribution < 1.29 is 5.11 Å². The van der Waals surface area contributed by atoms with Crippen LogP contribution in [0.3, 0.4) is 0 Å². The monoisotopic (exact) mass is 379 g/mol. The Labute approximate surface area is 166 Å². The van der Waals surface area contributed by atoms with Gasteiger partial charge in [0.25, 0.3) is 0 Å². The molecule has 1 fully saturated rings. The Morgan fingerprint density at radius 2 is 1.85 bits per heavy atom. The van der Waals surface area contributed by atoms with E-state index in [-0.39, 0.29) is 6.04 Å². The predicted molar refractivity (Wildman–Crippen MR) is 112 cm³/mol. The number of fused-ring (bicyclic) bond motifs is 1. The van der Waals surface area contributed by atoms with Gasteiger partial charge < -0.3 is 5.11 Å². The van der Waals surface area contributed by atoms with Gasteiger partial charge in [0.1, 0.15) is 0 Å². The van der Waals surface area contributed by atoms with E-state index in [4.69, 9.17) is 11.6 Å². The molecule has 1 aliphatic heterocycles. The van der Waals surface area contributed by atoms with Crippen LogP contribution in [0.15, 0.2) is 78.4 Å². The zero-order valence-electron chi connectivity index (χ0n) is 15.5. The van der Waals surface area contributed by atoms with Crippen molar-refractivity contribution in [1.82, 2.24) is 4.90 Å². The molecule has 1 aliphatic carbocycles. The first kappa shape index (κ1) is 18.5. The minimum Gasteiger partial charge on any atom is -0.391 e. The molecule has 0 bridgehead atoms. The Balaban J connectivity index is 1.60. The molecule has 1 N–H and O–H groups in total. The topological polar surface area (TPSA) is 23.5 Å². The summed E-state index contributed by atoms with van der Waals surface area (Å²) in [5, 5.41) is 12.0. The van der Waals surface area contributed by atoms with Crippen LogP contribution in [-0.2, 0) is 13.0 Å². The maximum absolute atomic E-state index is 11.2. The van der Waals surface area contributed by atoms with Crippen LogP contribution < -0.4 is 0 Å². The van der Waals surface area contributed by atoms with Gasteiger partial charge in [0, 0.05) is 30.1 Å². The fourth-order valence-corrected chi connectivity index (χ4v) is 4.64. The van der Waals surface area contributed by atoms with Gasteiger partial charge in [-0.2, -0.15) is 0 Å². The van der Waals surface area contributed by atoms with Gasteiger partial charge in [-0.15, -0.1) is 0 Å². The molecule has 1 unspecified atom stereocenters.